The van der Waals surface area contributed by atoms with Crippen LogP contribution in [0.2, 0.25) is 0 Å². The van der Waals surface area contributed by atoms with Gasteiger partial charge < -0.3 is 9.47 Å². The molecule has 1 aliphatic rings. The third kappa shape index (κ3) is 2.12. The second kappa shape index (κ2) is 4.83. The smallest absolute Gasteiger partial charge is 0.185 e. The van der Waals surface area contributed by atoms with Crippen molar-refractivity contribution >= 4 is 0 Å². The number of alkyl halides is 1. The third-order valence-electron chi connectivity index (χ3n) is 2.69. The Balaban J connectivity index is 1.81. The lowest BCUT2D eigenvalue weighted by Gasteiger charge is -2.09. The molecule has 94 valence electrons. The van der Waals surface area contributed by atoms with Crippen LogP contribution in [0.25, 0.3) is 5.82 Å². The molecule has 0 spiro atoms. The van der Waals surface area contributed by atoms with Crippen LogP contribution in [0.5, 0.6) is 0 Å². The summed E-state index contributed by atoms with van der Waals surface area (Å²) in [5, 5.41) is 4.04. The number of rotatable bonds is 3. The van der Waals surface area contributed by atoms with E-state index >= 15 is 0 Å². The van der Waals surface area contributed by atoms with E-state index in [1.54, 1.807) is 18.5 Å². The summed E-state index contributed by atoms with van der Waals surface area (Å²) in [7, 11) is 0. The van der Waals surface area contributed by atoms with Crippen LogP contribution in [-0.4, -0.2) is 28.0 Å². The molecular weight excluding hydrogens is 237 g/mol. The summed E-state index contributed by atoms with van der Waals surface area (Å²) in [5.41, 5.74) is 1.40. The van der Waals surface area contributed by atoms with Crippen molar-refractivity contribution in [3.63, 3.8) is 0 Å². The Morgan fingerprint density at radius 2 is 2.11 bits per heavy atom. The number of halogens is 1. The molecule has 0 radical (unpaired) electrons. The predicted octanol–water partition coefficient (Wildman–Crippen LogP) is 1.78. The molecule has 0 aromatic carbocycles. The van der Waals surface area contributed by atoms with Gasteiger partial charge in [0.15, 0.2) is 12.1 Å². The first-order valence-electron chi connectivity index (χ1n) is 5.66. The maximum absolute atomic E-state index is 12.4. The van der Waals surface area contributed by atoms with Gasteiger partial charge in [-0.25, -0.2) is 14.1 Å². The van der Waals surface area contributed by atoms with Crippen LogP contribution in [0.4, 0.5) is 4.39 Å². The number of aromatic nitrogens is 3. The Kier molecular flexibility index (Phi) is 3.04. The topological polar surface area (TPSA) is 49.2 Å². The number of hydrogen-bond acceptors (Lipinski definition) is 4. The van der Waals surface area contributed by atoms with E-state index in [0.29, 0.717) is 24.6 Å². The highest BCUT2D eigenvalue weighted by Gasteiger charge is 2.18. The molecule has 1 saturated heterocycles. The Hall–Kier alpha value is -1.79. The Labute approximate surface area is 103 Å². The summed E-state index contributed by atoms with van der Waals surface area (Å²) in [6.45, 7) is 0.679. The number of hydrogen-bond donors (Lipinski definition) is 0. The molecule has 1 fully saturated rings. The van der Waals surface area contributed by atoms with Gasteiger partial charge >= 0.3 is 0 Å². The zero-order chi connectivity index (χ0) is 12.4. The molecule has 2 aromatic rings. The largest absolute Gasteiger partial charge is 0.346 e. The fraction of sp³-hybridized carbons (Fsp3) is 0.333. The Morgan fingerprint density at radius 1 is 1.28 bits per heavy atom. The lowest BCUT2D eigenvalue weighted by molar-refractivity contribution is -0.0443. The van der Waals surface area contributed by atoms with Gasteiger partial charge in [-0.15, -0.1) is 0 Å². The average molecular weight is 249 g/mol. The van der Waals surface area contributed by atoms with E-state index < -0.39 is 6.67 Å². The minimum Gasteiger partial charge on any atom is -0.346 e. The van der Waals surface area contributed by atoms with Crippen LogP contribution >= 0.6 is 0 Å². The van der Waals surface area contributed by atoms with Crippen molar-refractivity contribution in [3.8, 4) is 5.82 Å². The van der Waals surface area contributed by atoms with E-state index in [1.807, 2.05) is 6.07 Å². The number of pyridine rings is 1. The van der Waals surface area contributed by atoms with Crippen molar-refractivity contribution in [2.24, 2.45) is 0 Å². The highest BCUT2D eigenvalue weighted by Crippen LogP contribution is 2.22. The molecule has 0 unspecified atom stereocenters. The lowest BCUT2D eigenvalue weighted by Crippen LogP contribution is -2.02. The van der Waals surface area contributed by atoms with E-state index in [4.69, 9.17) is 9.47 Å². The quantitative estimate of drug-likeness (QED) is 0.832. The van der Waals surface area contributed by atoms with Crippen LogP contribution < -0.4 is 0 Å². The second-order valence-electron chi connectivity index (χ2n) is 3.95. The van der Waals surface area contributed by atoms with Crippen molar-refractivity contribution in [1.82, 2.24) is 14.8 Å². The molecule has 6 heteroatoms. The van der Waals surface area contributed by atoms with Gasteiger partial charge in [0.1, 0.15) is 6.67 Å². The van der Waals surface area contributed by atoms with Crippen molar-refractivity contribution in [1.29, 1.82) is 0 Å². The van der Waals surface area contributed by atoms with Gasteiger partial charge in [-0.3, -0.25) is 0 Å². The number of nitrogens with zero attached hydrogens (tertiary/aromatic N) is 3. The summed E-state index contributed by atoms with van der Waals surface area (Å²) in [6, 6.07) is 3.67. The van der Waals surface area contributed by atoms with Crippen LogP contribution in [0, 0.1) is 0 Å². The molecular formula is C12H12FN3O2. The molecule has 1 aliphatic heterocycles. The van der Waals surface area contributed by atoms with E-state index in [9.17, 15) is 4.39 Å². The fourth-order valence-electron chi connectivity index (χ4n) is 1.78. The van der Waals surface area contributed by atoms with Crippen molar-refractivity contribution in [3.05, 3.63) is 41.9 Å². The average Bonchev–Trinajstić information content (AvgIpc) is 3.10. The van der Waals surface area contributed by atoms with Gasteiger partial charge in [0, 0.05) is 23.5 Å². The molecule has 0 amide bonds. The van der Waals surface area contributed by atoms with Crippen LogP contribution in [0.1, 0.15) is 17.4 Å². The molecule has 0 bridgehead atoms. The third-order valence-corrected chi connectivity index (χ3v) is 2.69. The molecule has 3 rings (SSSR count). The maximum Gasteiger partial charge on any atom is 0.185 e. The van der Waals surface area contributed by atoms with Gasteiger partial charge in [0.05, 0.1) is 19.4 Å². The van der Waals surface area contributed by atoms with Crippen molar-refractivity contribution < 1.29 is 13.9 Å². The van der Waals surface area contributed by atoms with E-state index in [1.165, 1.54) is 10.9 Å². The SMILES string of the molecule is FCc1cnn(-c2ccc(C3OCCO3)cn2)c1. The first kappa shape index (κ1) is 11.3. The van der Waals surface area contributed by atoms with Gasteiger partial charge in [-0.05, 0) is 12.1 Å². The van der Waals surface area contributed by atoms with Gasteiger partial charge in [0.25, 0.3) is 0 Å². The first-order valence-corrected chi connectivity index (χ1v) is 5.66. The summed E-state index contributed by atoms with van der Waals surface area (Å²) in [5.74, 6) is 0.636. The van der Waals surface area contributed by atoms with E-state index in [-0.39, 0.29) is 6.29 Å². The minimum atomic E-state index is -0.526. The predicted molar refractivity (Wildman–Crippen MR) is 60.8 cm³/mol. The number of ether oxygens (including phenoxy) is 2. The van der Waals surface area contributed by atoms with Gasteiger partial charge in [-0.2, -0.15) is 5.10 Å². The standard InChI is InChI=1S/C12H12FN3O2/c13-5-9-6-15-16(8-9)11-2-1-10(7-14-11)12-17-3-4-18-12/h1-2,6-8,12H,3-5H2. The Bertz CT molecular complexity index is 520. The van der Waals surface area contributed by atoms with Crippen molar-refractivity contribution in [2.75, 3.05) is 13.2 Å². The fourth-order valence-corrected chi connectivity index (χ4v) is 1.78. The summed E-state index contributed by atoms with van der Waals surface area (Å²) >= 11 is 0. The molecule has 2 aromatic heterocycles. The van der Waals surface area contributed by atoms with Crippen LogP contribution in [0.15, 0.2) is 30.7 Å². The molecule has 0 aliphatic carbocycles. The maximum atomic E-state index is 12.4. The second-order valence-corrected chi connectivity index (χ2v) is 3.95. The van der Waals surface area contributed by atoms with Gasteiger partial charge in [0.2, 0.25) is 0 Å². The molecule has 3 heterocycles. The molecule has 18 heavy (non-hydrogen) atoms. The highest BCUT2D eigenvalue weighted by atomic mass is 19.1. The van der Waals surface area contributed by atoms with Crippen LogP contribution in [-0.2, 0) is 16.1 Å². The minimum absolute atomic E-state index is 0.328. The Morgan fingerprint density at radius 3 is 2.72 bits per heavy atom. The molecule has 0 saturated carbocycles. The molecule has 5 nitrogen and oxygen atoms in total. The molecule has 0 N–H and O–H groups in total. The summed E-state index contributed by atoms with van der Waals surface area (Å²) in [4.78, 5) is 4.26. The van der Waals surface area contributed by atoms with E-state index in [0.717, 1.165) is 5.56 Å². The highest BCUT2D eigenvalue weighted by molar-refractivity contribution is 5.26. The van der Waals surface area contributed by atoms with Crippen molar-refractivity contribution in [2.45, 2.75) is 13.0 Å². The first-order chi connectivity index (χ1) is 8.86. The zero-order valence-corrected chi connectivity index (χ0v) is 9.62. The normalized spacial score (nSPS) is 16.3. The van der Waals surface area contributed by atoms with E-state index in [2.05, 4.69) is 10.1 Å². The summed E-state index contributed by atoms with van der Waals surface area (Å²) in [6.07, 6.45) is 4.46. The van der Waals surface area contributed by atoms with Crippen LogP contribution in [0.3, 0.4) is 0 Å². The monoisotopic (exact) mass is 249 g/mol. The lowest BCUT2D eigenvalue weighted by atomic mass is 10.3. The summed E-state index contributed by atoms with van der Waals surface area (Å²) < 4.78 is 24.7. The van der Waals surface area contributed by atoms with Gasteiger partial charge in [-0.1, -0.05) is 0 Å². The molecule has 0 atom stereocenters. The zero-order valence-electron chi connectivity index (χ0n) is 9.62.